The third-order valence-electron chi connectivity index (χ3n) is 4.43. The van der Waals surface area contributed by atoms with E-state index in [1.165, 1.54) is 24.2 Å². The number of halogens is 1. The molecule has 4 rings (SSSR count). The average Bonchev–Trinajstić information content (AvgIpc) is 3.04. The lowest BCUT2D eigenvalue weighted by molar-refractivity contribution is 0.420. The summed E-state index contributed by atoms with van der Waals surface area (Å²) in [6, 6.07) is 1.83. The molecule has 1 atom stereocenters. The van der Waals surface area contributed by atoms with Crippen LogP contribution in [0, 0.1) is 5.92 Å². The molecule has 4 nitrogen and oxygen atoms in total. The standard InChI is InChI=1S/C13H15ClN4/c1-13(8-3-4-8)7-17(2)9-6-15-11-5-10(14)16-18(11)12(9)13/h5-6,8H,3-4,7H2,1-2H3. The maximum atomic E-state index is 6.02. The molecule has 1 aliphatic heterocycles. The fourth-order valence-corrected chi connectivity index (χ4v) is 3.58. The third kappa shape index (κ3) is 1.21. The number of hydrogen-bond donors (Lipinski definition) is 0. The molecule has 1 unspecified atom stereocenters. The second-order valence-corrected chi connectivity index (χ2v) is 6.16. The van der Waals surface area contributed by atoms with E-state index in [-0.39, 0.29) is 5.41 Å². The zero-order valence-corrected chi connectivity index (χ0v) is 11.3. The van der Waals surface area contributed by atoms with E-state index in [4.69, 9.17) is 11.6 Å². The van der Waals surface area contributed by atoms with Crippen molar-refractivity contribution < 1.29 is 0 Å². The van der Waals surface area contributed by atoms with Gasteiger partial charge in [0.1, 0.15) is 0 Å². The van der Waals surface area contributed by atoms with Gasteiger partial charge in [-0.25, -0.2) is 9.50 Å². The summed E-state index contributed by atoms with van der Waals surface area (Å²) < 4.78 is 1.94. The molecule has 0 bridgehead atoms. The Morgan fingerprint density at radius 2 is 2.22 bits per heavy atom. The fraction of sp³-hybridized carbons (Fsp3) is 0.538. The fourth-order valence-electron chi connectivity index (χ4n) is 3.41. The van der Waals surface area contributed by atoms with Crippen molar-refractivity contribution >= 4 is 22.9 Å². The number of likely N-dealkylation sites (N-methyl/N-ethyl adjacent to an activating group) is 1. The highest BCUT2D eigenvalue weighted by molar-refractivity contribution is 6.29. The number of nitrogens with zero attached hydrogens (tertiary/aromatic N) is 4. The molecule has 2 aromatic rings. The second kappa shape index (κ2) is 3.18. The van der Waals surface area contributed by atoms with Gasteiger partial charge in [-0.2, -0.15) is 5.10 Å². The van der Waals surface area contributed by atoms with Crippen LogP contribution in [0.5, 0.6) is 0 Å². The van der Waals surface area contributed by atoms with Crippen LogP contribution >= 0.6 is 11.6 Å². The van der Waals surface area contributed by atoms with Crippen molar-refractivity contribution in [1.82, 2.24) is 14.6 Å². The molecule has 18 heavy (non-hydrogen) atoms. The monoisotopic (exact) mass is 262 g/mol. The third-order valence-corrected chi connectivity index (χ3v) is 4.62. The van der Waals surface area contributed by atoms with E-state index < -0.39 is 0 Å². The summed E-state index contributed by atoms with van der Waals surface area (Å²) in [5.74, 6) is 0.773. The first-order valence-electron chi connectivity index (χ1n) is 6.35. The summed E-state index contributed by atoms with van der Waals surface area (Å²) in [6.07, 6.45) is 4.60. The highest BCUT2D eigenvalue weighted by Crippen LogP contribution is 2.53. The molecule has 1 saturated carbocycles. The van der Waals surface area contributed by atoms with Gasteiger partial charge in [-0.1, -0.05) is 18.5 Å². The van der Waals surface area contributed by atoms with Crippen molar-refractivity contribution in [3.05, 3.63) is 23.1 Å². The van der Waals surface area contributed by atoms with Gasteiger partial charge in [-0.15, -0.1) is 0 Å². The zero-order valence-electron chi connectivity index (χ0n) is 10.5. The molecule has 0 N–H and O–H groups in total. The van der Waals surface area contributed by atoms with Gasteiger partial charge >= 0.3 is 0 Å². The predicted molar refractivity (Wildman–Crippen MR) is 71.3 cm³/mol. The molecule has 3 heterocycles. The van der Waals surface area contributed by atoms with Gasteiger partial charge in [-0.3, -0.25) is 0 Å². The Hall–Kier alpha value is -1.29. The van der Waals surface area contributed by atoms with Crippen molar-refractivity contribution in [3.63, 3.8) is 0 Å². The highest BCUT2D eigenvalue weighted by atomic mass is 35.5. The first-order valence-corrected chi connectivity index (χ1v) is 6.73. The minimum absolute atomic E-state index is 0.181. The normalized spacial score (nSPS) is 26.9. The summed E-state index contributed by atoms with van der Waals surface area (Å²) in [4.78, 5) is 6.73. The second-order valence-electron chi connectivity index (χ2n) is 5.78. The van der Waals surface area contributed by atoms with Gasteiger partial charge in [-0.05, 0) is 18.8 Å². The van der Waals surface area contributed by atoms with Crippen molar-refractivity contribution in [2.75, 3.05) is 18.5 Å². The van der Waals surface area contributed by atoms with Crippen LogP contribution in [-0.4, -0.2) is 28.2 Å². The van der Waals surface area contributed by atoms with Crippen molar-refractivity contribution in [2.45, 2.75) is 25.2 Å². The average molecular weight is 263 g/mol. The van der Waals surface area contributed by atoms with Crippen LogP contribution in [0.1, 0.15) is 25.5 Å². The van der Waals surface area contributed by atoms with Crippen LogP contribution in [0.2, 0.25) is 5.15 Å². The van der Waals surface area contributed by atoms with Gasteiger partial charge in [0.2, 0.25) is 0 Å². The van der Waals surface area contributed by atoms with Crippen LogP contribution in [0.25, 0.3) is 5.65 Å². The molecule has 0 radical (unpaired) electrons. The van der Waals surface area contributed by atoms with Gasteiger partial charge in [0, 0.05) is 25.1 Å². The van der Waals surface area contributed by atoms with Crippen LogP contribution in [0.3, 0.4) is 0 Å². The van der Waals surface area contributed by atoms with Crippen molar-refractivity contribution in [1.29, 1.82) is 0 Å². The largest absolute Gasteiger partial charge is 0.371 e. The minimum Gasteiger partial charge on any atom is -0.371 e. The summed E-state index contributed by atoms with van der Waals surface area (Å²) >= 11 is 6.02. The van der Waals surface area contributed by atoms with E-state index in [0.29, 0.717) is 5.15 Å². The molecule has 2 aliphatic rings. The summed E-state index contributed by atoms with van der Waals surface area (Å²) in [5, 5.41) is 4.93. The van der Waals surface area contributed by atoms with Gasteiger partial charge in [0.15, 0.2) is 10.8 Å². The van der Waals surface area contributed by atoms with Crippen molar-refractivity contribution in [3.8, 4) is 0 Å². The summed E-state index contributed by atoms with van der Waals surface area (Å²) in [5.41, 5.74) is 3.50. The minimum atomic E-state index is 0.181. The topological polar surface area (TPSA) is 33.4 Å². The quantitative estimate of drug-likeness (QED) is 0.792. The number of fused-ring (bicyclic) bond motifs is 3. The van der Waals surface area contributed by atoms with Crippen LogP contribution < -0.4 is 4.90 Å². The Labute approximate surface area is 111 Å². The van der Waals surface area contributed by atoms with E-state index in [0.717, 1.165) is 18.1 Å². The SMILES string of the molecule is CN1CC(C)(C2CC2)c2c1cnc1cc(Cl)nn21. The molecule has 0 spiro atoms. The lowest BCUT2D eigenvalue weighted by atomic mass is 9.83. The van der Waals surface area contributed by atoms with E-state index in [9.17, 15) is 0 Å². The lowest BCUT2D eigenvalue weighted by Gasteiger charge is -2.24. The molecule has 0 aromatic carbocycles. The van der Waals surface area contributed by atoms with Gasteiger partial charge in [0.05, 0.1) is 17.6 Å². The Balaban J connectivity index is 2.06. The molecule has 1 fully saturated rings. The Morgan fingerprint density at radius 3 is 2.94 bits per heavy atom. The lowest BCUT2D eigenvalue weighted by Crippen LogP contribution is -2.32. The molecule has 2 aromatic heterocycles. The summed E-state index contributed by atoms with van der Waals surface area (Å²) in [6.45, 7) is 3.40. The molecular formula is C13H15ClN4. The number of anilines is 1. The van der Waals surface area contributed by atoms with Crippen molar-refractivity contribution in [2.24, 2.45) is 5.92 Å². The van der Waals surface area contributed by atoms with E-state index in [1.54, 1.807) is 0 Å². The van der Waals surface area contributed by atoms with E-state index in [1.807, 2.05) is 16.8 Å². The van der Waals surface area contributed by atoms with Crippen LogP contribution in [-0.2, 0) is 5.41 Å². The van der Waals surface area contributed by atoms with E-state index in [2.05, 4.69) is 29.0 Å². The predicted octanol–water partition coefficient (Wildman–Crippen LogP) is 2.50. The first-order chi connectivity index (χ1) is 8.59. The molecule has 5 heteroatoms. The highest BCUT2D eigenvalue weighted by Gasteiger charge is 2.50. The smallest absolute Gasteiger partial charge is 0.156 e. The number of hydrogen-bond acceptors (Lipinski definition) is 3. The zero-order chi connectivity index (χ0) is 12.5. The number of rotatable bonds is 1. The Bertz CT molecular complexity index is 646. The number of aromatic nitrogens is 3. The Kier molecular flexibility index (Phi) is 1.87. The molecule has 94 valence electrons. The summed E-state index contributed by atoms with van der Waals surface area (Å²) in [7, 11) is 2.13. The maximum Gasteiger partial charge on any atom is 0.156 e. The molecular weight excluding hydrogens is 248 g/mol. The van der Waals surface area contributed by atoms with Gasteiger partial charge in [0.25, 0.3) is 0 Å². The molecule has 1 aliphatic carbocycles. The molecule has 0 saturated heterocycles. The van der Waals surface area contributed by atoms with Crippen LogP contribution in [0.15, 0.2) is 12.3 Å². The van der Waals surface area contributed by atoms with E-state index >= 15 is 0 Å². The maximum absolute atomic E-state index is 6.02. The Morgan fingerprint density at radius 1 is 1.44 bits per heavy atom. The van der Waals surface area contributed by atoms with Gasteiger partial charge < -0.3 is 4.90 Å². The molecule has 0 amide bonds. The first kappa shape index (κ1) is 10.6. The van der Waals surface area contributed by atoms with Crippen LogP contribution in [0.4, 0.5) is 5.69 Å².